The van der Waals surface area contributed by atoms with E-state index in [0.29, 0.717) is 10.7 Å². The number of carbonyl (C=O) groups excluding carboxylic acids is 1. The average Bonchev–Trinajstić information content (AvgIpc) is 3.09. The molecule has 1 aromatic heterocycles. The van der Waals surface area contributed by atoms with Gasteiger partial charge in [-0.05, 0) is 48.5 Å². The van der Waals surface area contributed by atoms with Crippen molar-refractivity contribution in [2.24, 2.45) is 0 Å². The van der Waals surface area contributed by atoms with E-state index in [1.54, 1.807) is 42.5 Å². The summed E-state index contributed by atoms with van der Waals surface area (Å²) >= 11 is 5.78. The molecule has 0 aliphatic heterocycles. The van der Waals surface area contributed by atoms with Crippen LogP contribution in [0.3, 0.4) is 0 Å². The van der Waals surface area contributed by atoms with Crippen LogP contribution in [-0.4, -0.2) is 14.3 Å². The fourth-order valence-electron chi connectivity index (χ4n) is 2.03. The van der Waals surface area contributed by atoms with Gasteiger partial charge in [-0.2, -0.15) is 0 Å². The van der Waals surface area contributed by atoms with Gasteiger partial charge in [0, 0.05) is 10.7 Å². The normalized spacial score (nSPS) is 11.2. The van der Waals surface area contributed by atoms with E-state index >= 15 is 0 Å². The van der Waals surface area contributed by atoms with Gasteiger partial charge in [0.25, 0.3) is 5.91 Å². The lowest BCUT2D eigenvalue weighted by Gasteiger charge is -2.03. The van der Waals surface area contributed by atoms with Crippen LogP contribution in [0.5, 0.6) is 0 Å². The second-order valence-corrected chi connectivity index (χ2v) is 7.21. The Bertz CT molecular complexity index is 963. The number of halogens is 1. The molecule has 3 aromatic rings. The molecule has 24 heavy (non-hydrogen) atoms. The predicted octanol–water partition coefficient (Wildman–Crippen LogP) is 4.02. The molecule has 0 saturated heterocycles. The Hall–Kier alpha value is -2.57. The molecule has 0 radical (unpaired) electrons. The zero-order valence-electron chi connectivity index (χ0n) is 12.3. The van der Waals surface area contributed by atoms with Crippen molar-refractivity contribution in [3.63, 3.8) is 0 Å². The van der Waals surface area contributed by atoms with Crippen LogP contribution in [0.2, 0.25) is 5.02 Å². The fraction of sp³-hybridized carbons (Fsp3) is 0. The van der Waals surface area contributed by atoms with Crippen LogP contribution in [0.1, 0.15) is 10.6 Å². The van der Waals surface area contributed by atoms with Gasteiger partial charge in [-0.15, -0.1) is 0 Å². The van der Waals surface area contributed by atoms with Crippen molar-refractivity contribution in [1.82, 2.24) is 0 Å². The van der Waals surface area contributed by atoms with E-state index in [9.17, 15) is 13.2 Å². The maximum absolute atomic E-state index is 12.4. The monoisotopic (exact) mass is 361 g/mol. The Labute approximate surface area is 143 Å². The third-order valence-corrected chi connectivity index (χ3v) is 5.12. The van der Waals surface area contributed by atoms with E-state index in [0.717, 1.165) is 0 Å². The first-order valence-corrected chi connectivity index (χ1v) is 8.80. The van der Waals surface area contributed by atoms with Gasteiger partial charge in [-0.3, -0.25) is 4.79 Å². The van der Waals surface area contributed by atoms with Gasteiger partial charge in [0.15, 0.2) is 5.76 Å². The minimum absolute atomic E-state index is 0.0977. The van der Waals surface area contributed by atoms with E-state index in [-0.39, 0.29) is 15.7 Å². The molecule has 1 heterocycles. The molecule has 0 aliphatic carbocycles. The number of nitrogens with one attached hydrogen (secondary N) is 1. The Morgan fingerprint density at radius 3 is 2.25 bits per heavy atom. The number of furan rings is 1. The van der Waals surface area contributed by atoms with Crippen molar-refractivity contribution in [2.45, 2.75) is 9.99 Å². The molecule has 2 aromatic carbocycles. The minimum Gasteiger partial charge on any atom is -0.439 e. The molecule has 0 unspecified atom stereocenters. The van der Waals surface area contributed by atoms with Gasteiger partial charge >= 0.3 is 0 Å². The first kappa shape index (κ1) is 16.3. The van der Waals surface area contributed by atoms with Gasteiger partial charge in [0.1, 0.15) is 0 Å². The lowest BCUT2D eigenvalue weighted by Crippen LogP contribution is -2.10. The summed E-state index contributed by atoms with van der Waals surface area (Å²) in [6.45, 7) is 0. The summed E-state index contributed by atoms with van der Waals surface area (Å²) in [5.41, 5.74) is 0.522. The molecule has 0 atom stereocenters. The molecule has 0 fully saturated rings. The molecule has 3 rings (SSSR count). The number of benzene rings is 2. The molecule has 1 amide bonds. The van der Waals surface area contributed by atoms with Crippen molar-refractivity contribution in [2.75, 3.05) is 5.32 Å². The van der Waals surface area contributed by atoms with E-state index in [2.05, 4.69) is 5.32 Å². The lowest BCUT2D eigenvalue weighted by atomic mass is 10.3. The zero-order chi connectivity index (χ0) is 17.2. The molecule has 5 nitrogen and oxygen atoms in total. The molecule has 0 saturated carbocycles. The predicted molar refractivity (Wildman–Crippen MR) is 90.0 cm³/mol. The SMILES string of the molecule is O=C(Nc1ccc(Cl)cc1)c1ccc(S(=O)(=O)c2ccccc2)o1. The first-order valence-electron chi connectivity index (χ1n) is 6.94. The number of rotatable bonds is 4. The minimum atomic E-state index is -3.79. The van der Waals surface area contributed by atoms with Crippen molar-refractivity contribution < 1.29 is 17.6 Å². The third kappa shape index (κ3) is 3.34. The summed E-state index contributed by atoms with van der Waals surface area (Å²) in [6, 6.07) is 17.0. The largest absolute Gasteiger partial charge is 0.439 e. The molecule has 1 N–H and O–H groups in total. The zero-order valence-corrected chi connectivity index (χ0v) is 13.8. The van der Waals surface area contributed by atoms with Gasteiger partial charge in [0.05, 0.1) is 4.90 Å². The lowest BCUT2D eigenvalue weighted by molar-refractivity contribution is 0.0991. The summed E-state index contributed by atoms with van der Waals surface area (Å²) < 4.78 is 30.1. The fourth-order valence-corrected chi connectivity index (χ4v) is 3.35. The van der Waals surface area contributed by atoms with Gasteiger partial charge in [0.2, 0.25) is 14.9 Å². The van der Waals surface area contributed by atoms with Crippen molar-refractivity contribution in [3.8, 4) is 0 Å². The molecule has 0 spiro atoms. The summed E-state index contributed by atoms with van der Waals surface area (Å²) in [5, 5.41) is 2.87. The molecule has 0 bridgehead atoms. The highest BCUT2D eigenvalue weighted by molar-refractivity contribution is 7.91. The van der Waals surface area contributed by atoms with Crippen LogP contribution in [0, 0.1) is 0 Å². The molecule has 122 valence electrons. The van der Waals surface area contributed by atoms with Crippen molar-refractivity contribution in [1.29, 1.82) is 0 Å². The highest BCUT2D eigenvalue weighted by atomic mass is 35.5. The second kappa shape index (κ2) is 6.51. The van der Waals surface area contributed by atoms with E-state index in [1.807, 2.05) is 0 Å². The van der Waals surface area contributed by atoms with E-state index in [1.165, 1.54) is 24.3 Å². The number of amides is 1. The highest BCUT2D eigenvalue weighted by Gasteiger charge is 2.23. The maximum Gasteiger partial charge on any atom is 0.291 e. The Balaban J connectivity index is 1.82. The Morgan fingerprint density at radius 2 is 1.58 bits per heavy atom. The number of hydrogen-bond acceptors (Lipinski definition) is 4. The molecular formula is C17H12ClNO4S. The van der Waals surface area contributed by atoms with Gasteiger partial charge in [-0.25, -0.2) is 8.42 Å². The standard InChI is InChI=1S/C17H12ClNO4S/c18-12-6-8-13(9-7-12)19-17(20)15-10-11-16(23-15)24(21,22)14-4-2-1-3-5-14/h1-11H,(H,19,20). The highest BCUT2D eigenvalue weighted by Crippen LogP contribution is 2.23. The summed E-state index contributed by atoms with van der Waals surface area (Å²) in [4.78, 5) is 12.2. The summed E-state index contributed by atoms with van der Waals surface area (Å²) in [7, 11) is -3.79. The number of anilines is 1. The maximum atomic E-state index is 12.4. The topological polar surface area (TPSA) is 76.4 Å². The van der Waals surface area contributed by atoms with E-state index < -0.39 is 15.7 Å². The van der Waals surface area contributed by atoms with Crippen molar-refractivity contribution in [3.05, 3.63) is 77.5 Å². The van der Waals surface area contributed by atoms with Crippen LogP contribution < -0.4 is 5.32 Å². The van der Waals surface area contributed by atoms with Crippen LogP contribution >= 0.6 is 11.6 Å². The van der Waals surface area contributed by atoms with Crippen molar-refractivity contribution >= 4 is 33.0 Å². The number of sulfone groups is 1. The first-order chi connectivity index (χ1) is 11.5. The third-order valence-electron chi connectivity index (χ3n) is 3.23. The van der Waals surface area contributed by atoms with Gasteiger partial charge < -0.3 is 9.73 Å². The molecular weight excluding hydrogens is 350 g/mol. The van der Waals surface area contributed by atoms with Crippen LogP contribution in [-0.2, 0) is 9.84 Å². The van der Waals surface area contributed by atoms with Crippen LogP contribution in [0.4, 0.5) is 5.69 Å². The van der Waals surface area contributed by atoms with Crippen LogP contribution in [0.15, 0.2) is 81.1 Å². The number of carbonyl (C=O) groups is 1. The van der Waals surface area contributed by atoms with E-state index in [4.69, 9.17) is 16.0 Å². The molecule has 7 heteroatoms. The molecule has 0 aliphatic rings. The quantitative estimate of drug-likeness (QED) is 0.761. The summed E-state index contributed by atoms with van der Waals surface area (Å²) in [6.07, 6.45) is 0. The Morgan fingerprint density at radius 1 is 0.917 bits per heavy atom. The average molecular weight is 362 g/mol. The Kier molecular flexibility index (Phi) is 4.42. The summed E-state index contributed by atoms with van der Waals surface area (Å²) in [5.74, 6) is -0.647. The second-order valence-electron chi connectivity index (χ2n) is 4.90. The van der Waals surface area contributed by atoms with Gasteiger partial charge in [-0.1, -0.05) is 29.8 Å². The van der Waals surface area contributed by atoms with Crippen LogP contribution in [0.25, 0.3) is 0 Å². The number of hydrogen-bond donors (Lipinski definition) is 1. The smallest absolute Gasteiger partial charge is 0.291 e.